The lowest BCUT2D eigenvalue weighted by molar-refractivity contribution is 0.112. The first-order valence-corrected chi connectivity index (χ1v) is 4.86. The predicted octanol–water partition coefficient (Wildman–Crippen LogP) is 2.62. The van der Waals surface area contributed by atoms with E-state index in [0.717, 1.165) is 12.8 Å². The molecule has 0 aliphatic heterocycles. The van der Waals surface area contributed by atoms with Crippen LogP contribution in [-0.2, 0) is 0 Å². The van der Waals surface area contributed by atoms with Crippen LogP contribution < -0.4 is 5.32 Å². The van der Waals surface area contributed by atoms with Gasteiger partial charge >= 0.3 is 0 Å². The number of aldehydes is 1. The second kappa shape index (κ2) is 4.96. The van der Waals surface area contributed by atoms with E-state index in [1.807, 2.05) is 0 Å². The van der Waals surface area contributed by atoms with Crippen molar-refractivity contribution >= 4 is 23.7 Å². The summed E-state index contributed by atoms with van der Waals surface area (Å²) in [4.78, 5) is 14.6. The van der Waals surface area contributed by atoms with Crippen molar-refractivity contribution in [2.75, 3.05) is 11.9 Å². The number of hydrogen-bond donors (Lipinski definition) is 1. The quantitative estimate of drug-likeness (QED) is 0.616. The number of aromatic nitrogens is 1. The number of rotatable bonds is 4. The van der Waals surface area contributed by atoms with Gasteiger partial charge in [-0.25, -0.2) is 4.98 Å². The Morgan fingerprint density at radius 2 is 2.29 bits per heavy atom. The highest BCUT2D eigenvalue weighted by molar-refractivity contribution is 6.29. The third-order valence-electron chi connectivity index (χ3n) is 1.64. The molecular formula is C10H13ClN2O. The SMILES string of the molecule is CC(C)CNc1cc(C=O)cc(Cl)n1. The van der Waals surface area contributed by atoms with Crippen molar-refractivity contribution in [2.24, 2.45) is 5.92 Å². The van der Waals surface area contributed by atoms with Crippen molar-refractivity contribution in [1.82, 2.24) is 4.98 Å². The van der Waals surface area contributed by atoms with Crippen molar-refractivity contribution in [3.63, 3.8) is 0 Å². The summed E-state index contributed by atoms with van der Waals surface area (Å²) in [6.07, 6.45) is 0.758. The Labute approximate surface area is 88.5 Å². The normalized spacial score (nSPS) is 10.3. The summed E-state index contributed by atoms with van der Waals surface area (Å²) >= 11 is 5.73. The molecule has 1 aromatic rings. The van der Waals surface area contributed by atoms with E-state index in [4.69, 9.17) is 11.6 Å². The largest absolute Gasteiger partial charge is 0.370 e. The van der Waals surface area contributed by atoms with Gasteiger partial charge in [0.2, 0.25) is 0 Å². The number of pyridine rings is 1. The third kappa shape index (κ3) is 3.34. The Morgan fingerprint density at radius 1 is 1.57 bits per heavy atom. The number of carbonyl (C=O) groups is 1. The van der Waals surface area contributed by atoms with Gasteiger partial charge in [-0.3, -0.25) is 4.79 Å². The van der Waals surface area contributed by atoms with E-state index in [-0.39, 0.29) is 0 Å². The maximum atomic E-state index is 10.5. The Hall–Kier alpha value is -1.09. The minimum Gasteiger partial charge on any atom is -0.370 e. The second-order valence-corrected chi connectivity index (χ2v) is 3.89. The summed E-state index contributed by atoms with van der Waals surface area (Å²) in [7, 11) is 0. The number of nitrogens with one attached hydrogen (secondary N) is 1. The molecule has 1 rings (SSSR count). The lowest BCUT2D eigenvalue weighted by Crippen LogP contribution is -2.09. The molecule has 14 heavy (non-hydrogen) atoms. The molecule has 0 bridgehead atoms. The van der Waals surface area contributed by atoms with E-state index in [0.29, 0.717) is 22.5 Å². The summed E-state index contributed by atoms with van der Waals surface area (Å²) in [5.41, 5.74) is 0.538. The van der Waals surface area contributed by atoms with Crippen LogP contribution in [0.25, 0.3) is 0 Å². The van der Waals surface area contributed by atoms with Crippen LogP contribution in [0.2, 0.25) is 5.15 Å². The lowest BCUT2D eigenvalue weighted by Gasteiger charge is -2.08. The van der Waals surface area contributed by atoms with E-state index in [1.54, 1.807) is 6.07 Å². The molecule has 0 saturated heterocycles. The zero-order chi connectivity index (χ0) is 10.6. The van der Waals surface area contributed by atoms with Crippen LogP contribution in [0.15, 0.2) is 12.1 Å². The van der Waals surface area contributed by atoms with Gasteiger partial charge in [0.15, 0.2) is 0 Å². The highest BCUT2D eigenvalue weighted by Crippen LogP contribution is 2.13. The van der Waals surface area contributed by atoms with Gasteiger partial charge in [0.25, 0.3) is 0 Å². The van der Waals surface area contributed by atoms with E-state index < -0.39 is 0 Å². The molecule has 4 heteroatoms. The van der Waals surface area contributed by atoms with Crippen LogP contribution in [0.3, 0.4) is 0 Å². The van der Waals surface area contributed by atoms with E-state index in [1.165, 1.54) is 6.07 Å². The second-order valence-electron chi connectivity index (χ2n) is 3.50. The Bertz CT molecular complexity index is 326. The van der Waals surface area contributed by atoms with Gasteiger partial charge in [-0.1, -0.05) is 25.4 Å². The average molecular weight is 213 g/mol. The number of hydrogen-bond acceptors (Lipinski definition) is 3. The smallest absolute Gasteiger partial charge is 0.150 e. The highest BCUT2D eigenvalue weighted by Gasteiger charge is 2.01. The summed E-state index contributed by atoms with van der Waals surface area (Å²) in [5, 5.41) is 3.44. The van der Waals surface area contributed by atoms with Crippen molar-refractivity contribution in [3.05, 3.63) is 22.8 Å². The van der Waals surface area contributed by atoms with Crippen LogP contribution in [-0.4, -0.2) is 17.8 Å². The average Bonchev–Trinajstić information content (AvgIpc) is 2.14. The number of nitrogens with zero attached hydrogens (tertiary/aromatic N) is 1. The molecule has 0 atom stereocenters. The maximum Gasteiger partial charge on any atom is 0.150 e. The van der Waals surface area contributed by atoms with Crippen LogP contribution in [0.4, 0.5) is 5.82 Å². The van der Waals surface area contributed by atoms with Crippen molar-refractivity contribution in [1.29, 1.82) is 0 Å². The topological polar surface area (TPSA) is 42.0 Å². The van der Waals surface area contributed by atoms with Gasteiger partial charge in [-0.05, 0) is 18.1 Å². The maximum absolute atomic E-state index is 10.5. The van der Waals surface area contributed by atoms with Gasteiger partial charge in [-0.2, -0.15) is 0 Å². The minimum absolute atomic E-state index is 0.334. The molecule has 0 radical (unpaired) electrons. The standard InChI is InChI=1S/C10H13ClN2O/c1-7(2)5-12-10-4-8(6-14)3-9(11)13-10/h3-4,6-7H,5H2,1-2H3,(H,12,13). The first kappa shape index (κ1) is 11.0. The molecule has 0 aliphatic rings. The zero-order valence-corrected chi connectivity index (χ0v) is 9.01. The van der Waals surface area contributed by atoms with Gasteiger partial charge in [0.05, 0.1) is 0 Å². The minimum atomic E-state index is 0.334. The van der Waals surface area contributed by atoms with Gasteiger partial charge in [0, 0.05) is 12.1 Å². The molecule has 0 amide bonds. The zero-order valence-electron chi connectivity index (χ0n) is 8.25. The highest BCUT2D eigenvalue weighted by atomic mass is 35.5. The molecule has 0 spiro atoms. The molecule has 0 aromatic carbocycles. The summed E-state index contributed by atoms with van der Waals surface area (Å²) in [6, 6.07) is 3.22. The molecule has 3 nitrogen and oxygen atoms in total. The Morgan fingerprint density at radius 3 is 2.86 bits per heavy atom. The third-order valence-corrected chi connectivity index (χ3v) is 1.84. The molecule has 0 aliphatic carbocycles. The van der Waals surface area contributed by atoms with E-state index >= 15 is 0 Å². The molecule has 0 saturated carbocycles. The van der Waals surface area contributed by atoms with Crippen LogP contribution in [0.1, 0.15) is 24.2 Å². The van der Waals surface area contributed by atoms with Crippen LogP contribution in [0.5, 0.6) is 0 Å². The van der Waals surface area contributed by atoms with Crippen LogP contribution >= 0.6 is 11.6 Å². The summed E-state index contributed by atoms with van der Waals surface area (Å²) in [6.45, 7) is 5.00. The van der Waals surface area contributed by atoms with Gasteiger partial charge in [-0.15, -0.1) is 0 Å². The number of carbonyl (C=O) groups excluding carboxylic acids is 1. The van der Waals surface area contributed by atoms with E-state index in [9.17, 15) is 4.79 Å². The fourth-order valence-corrected chi connectivity index (χ4v) is 1.20. The fourth-order valence-electron chi connectivity index (χ4n) is 0.984. The molecule has 1 aromatic heterocycles. The van der Waals surface area contributed by atoms with Gasteiger partial charge < -0.3 is 5.32 Å². The van der Waals surface area contributed by atoms with Crippen molar-refractivity contribution in [2.45, 2.75) is 13.8 Å². The Balaban J connectivity index is 2.76. The van der Waals surface area contributed by atoms with Crippen molar-refractivity contribution < 1.29 is 4.79 Å². The molecule has 0 fully saturated rings. The van der Waals surface area contributed by atoms with Crippen LogP contribution in [0, 0.1) is 5.92 Å². The fraction of sp³-hybridized carbons (Fsp3) is 0.400. The molecule has 76 valence electrons. The van der Waals surface area contributed by atoms with Crippen molar-refractivity contribution in [3.8, 4) is 0 Å². The van der Waals surface area contributed by atoms with E-state index in [2.05, 4.69) is 24.1 Å². The number of halogens is 1. The molecule has 1 heterocycles. The summed E-state index contributed by atoms with van der Waals surface area (Å²) < 4.78 is 0. The molecule has 0 unspecified atom stereocenters. The Kier molecular flexibility index (Phi) is 3.89. The number of anilines is 1. The first-order chi connectivity index (χ1) is 6.61. The molecule has 1 N–H and O–H groups in total. The summed E-state index contributed by atoms with van der Waals surface area (Å²) in [5.74, 6) is 1.17. The predicted molar refractivity (Wildman–Crippen MR) is 58.0 cm³/mol. The molecular weight excluding hydrogens is 200 g/mol. The van der Waals surface area contributed by atoms with Gasteiger partial charge in [0.1, 0.15) is 17.3 Å². The monoisotopic (exact) mass is 212 g/mol. The lowest BCUT2D eigenvalue weighted by atomic mass is 10.2. The first-order valence-electron chi connectivity index (χ1n) is 4.48.